The zero-order chi connectivity index (χ0) is 14.5. The van der Waals surface area contributed by atoms with Crippen molar-refractivity contribution in [3.8, 4) is 5.75 Å². The third kappa shape index (κ3) is 5.49. The largest absolute Gasteiger partial charge is 0.481 e. The van der Waals surface area contributed by atoms with Gasteiger partial charge in [0.25, 0.3) is 10.1 Å². The van der Waals surface area contributed by atoms with Gasteiger partial charge >= 0.3 is 11.9 Å². The van der Waals surface area contributed by atoms with E-state index >= 15 is 0 Å². The number of benzene rings is 1. The second-order valence-electron chi connectivity index (χ2n) is 3.67. The topological polar surface area (TPSA) is 118 Å². The first-order chi connectivity index (χ1) is 8.79. The highest BCUT2D eigenvalue weighted by atomic mass is 32.2. The SMILES string of the molecule is O=C(O)CCCC(=O)Oc1ccc(S(=O)(=O)O)cc1. The summed E-state index contributed by atoms with van der Waals surface area (Å²) in [6.45, 7) is 0. The minimum Gasteiger partial charge on any atom is -0.481 e. The molecule has 0 unspecified atom stereocenters. The summed E-state index contributed by atoms with van der Waals surface area (Å²) in [7, 11) is -4.28. The molecule has 8 heteroatoms. The van der Waals surface area contributed by atoms with Crippen LogP contribution >= 0.6 is 0 Å². The molecule has 0 bridgehead atoms. The van der Waals surface area contributed by atoms with Crippen molar-refractivity contribution in [2.24, 2.45) is 0 Å². The van der Waals surface area contributed by atoms with Crippen molar-refractivity contribution >= 4 is 22.1 Å². The molecule has 0 radical (unpaired) electrons. The van der Waals surface area contributed by atoms with Gasteiger partial charge in [0.15, 0.2) is 0 Å². The molecule has 0 spiro atoms. The van der Waals surface area contributed by atoms with Crippen LogP contribution in [0.25, 0.3) is 0 Å². The molecule has 7 nitrogen and oxygen atoms in total. The highest BCUT2D eigenvalue weighted by Crippen LogP contribution is 2.16. The number of rotatable bonds is 6. The van der Waals surface area contributed by atoms with Crippen LogP contribution in [0.2, 0.25) is 0 Å². The summed E-state index contributed by atoms with van der Waals surface area (Å²) in [6, 6.07) is 4.63. The van der Waals surface area contributed by atoms with Crippen LogP contribution in [0.5, 0.6) is 5.75 Å². The highest BCUT2D eigenvalue weighted by Gasteiger charge is 2.10. The number of aliphatic carboxylic acids is 1. The standard InChI is InChI=1S/C11H12O7S/c12-10(13)2-1-3-11(14)18-8-4-6-9(7-5-8)19(15,16)17/h4-7H,1-3H2,(H,12,13)(H,15,16,17). The van der Waals surface area contributed by atoms with E-state index in [1.807, 2.05) is 0 Å². The lowest BCUT2D eigenvalue weighted by Gasteiger charge is -2.04. The zero-order valence-electron chi connectivity index (χ0n) is 9.77. The second kappa shape index (κ2) is 6.30. The summed E-state index contributed by atoms with van der Waals surface area (Å²) in [4.78, 5) is 21.2. The van der Waals surface area contributed by atoms with Gasteiger partial charge in [0.1, 0.15) is 5.75 Å². The quantitative estimate of drug-likeness (QED) is 0.457. The molecule has 0 aliphatic heterocycles. The van der Waals surface area contributed by atoms with Crippen molar-refractivity contribution < 1.29 is 32.4 Å². The van der Waals surface area contributed by atoms with E-state index in [1.165, 1.54) is 12.1 Å². The molecule has 1 rings (SSSR count). The third-order valence-electron chi connectivity index (χ3n) is 2.12. The summed E-state index contributed by atoms with van der Waals surface area (Å²) < 4.78 is 35.1. The van der Waals surface area contributed by atoms with Crippen LogP contribution in [0.3, 0.4) is 0 Å². The van der Waals surface area contributed by atoms with Gasteiger partial charge in [-0.15, -0.1) is 0 Å². The van der Waals surface area contributed by atoms with Crippen LogP contribution in [0, 0.1) is 0 Å². The van der Waals surface area contributed by atoms with Crippen molar-refractivity contribution in [2.45, 2.75) is 24.2 Å². The minimum atomic E-state index is -4.28. The summed E-state index contributed by atoms with van der Waals surface area (Å²) in [6.07, 6.45) is -0.0135. The molecule has 19 heavy (non-hydrogen) atoms. The van der Waals surface area contributed by atoms with Gasteiger partial charge < -0.3 is 9.84 Å². The Labute approximate surface area is 109 Å². The molecule has 0 atom stereocenters. The van der Waals surface area contributed by atoms with Crippen LogP contribution in [-0.2, 0) is 19.7 Å². The molecule has 0 fully saturated rings. The summed E-state index contributed by atoms with van der Waals surface area (Å²) in [5, 5.41) is 8.39. The zero-order valence-corrected chi connectivity index (χ0v) is 10.6. The van der Waals surface area contributed by atoms with E-state index in [0.717, 1.165) is 12.1 Å². The van der Waals surface area contributed by atoms with Crippen molar-refractivity contribution in [3.63, 3.8) is 0 Å². The van der Waals surface area contributed by atoms with E-state index < -0.39 is 22.1 Å². The Hall–Kier alpha value is -1.93. The molecule has 104 valence electrons. The average molecular weight is 288 g/mol. The predicted molar refractivity (Wildman–Crippen MR) is 63.4 cm³/mol. The number of hydrogen-bond acceptors (Lipinski definition) is 5. The molecule has 2 N–H and O–H groups in total. The maximum atomic E-state index is 11.3. The maximum Gasteiger partial charge on any atom is 0.311 e. The van der Waals surface area contributed by atoms with Gasteiger partial charge in [-0.3, -0.25) is 14.1 Å². The fourth-order valence-electron chi connectivity index (χ4n) is 1.25. The van der Waals surface area contributed by atoms with Gasteiger partial charge in [-0.1, -0.05) is 0 Å². The van der Waals surface area contributed by atoms with Crippen LogP contribution in [-0.4, -0.2) is 30.0 Å². The number of esters is 1. The Morgan fingerprint density at radius 2 is 1.68 bits per heavy atom. The van der Waals surface area contributed by atoms with E-state index in [2.05, 4.69) is 0 Å². The Bertz CT molecular complexity index is 559. The molecule has 0 saturated heterocycles. The van der Waals surface area contributed by atoms with E-state index in [0.29, 0.717) is 0 Å². The lowest BCUT2D eigenvalue weighted by Crippen LogP contribution is -2.08. The molecule has 1 aromatic rings. The third-order valence-corrected chi connectivity index (χ3v) is 2.99. The molecular formula is C11H12O7S. The first-order valence-corrected chi connectivity index (χ1v) is 6.73. The Balaban J connectivity index is 2.54. The summed E-state index contributed by atoms with van der Waals surface area (Å²) in [5.74, 6) is -1.49. The molecule has 0 saturated carbocycles. The average Bonchev–Trinajstić information content (AvgIpc) is 2.27. The van der Waals surface area contributed by atoms with E-state index in [-0.39, 0.29) is 29.9 Å². The van der Waals surface area contributed by atoms with Crippen LogP contribution < -0.4 is 4.74 Å². The lowest BCUT2D eigenvalue weighted by molar-refractivity contribution is -0.137. The number of ether oxygens (including phenoxy) is 1. The van der Waals surface area contributed by atoms with Gasteiger partial charge in [-0.25, -0.2) is 0 Å². The Morgan fingerprint density at radius 3 is 2.16 bits per heavy atom. The van der Waals surface area contributed by atoms with E-state index in [1.54, 1.807) is 0 Å². The van der Waals surface area contributed by atoms with Gasteiger partial charge in [-0.05, 0) is 30.7 Å². The van der Waals surface area contributed by atoms with E-state index in [9.17, 15) is 18.0 Å². The van der Waals surface area contributed by atoms with Crippen molar-refractivity contribution in [1.29, 1.82) is 0 Å². The molecule has 0 aliphatic rings. The van der Waals surface area contributed by atoms with Crippen LogP contribution in [0.4, 0.5) is 0 Å². The smallest absolute Gasteiger partial charge is 0.311 e. The second-order valence-corrected chi connectivity index (χ2v) is 5.09. The van der Waals surface area contributed by atoms with Crippen LogP contribution in [0.15, 0.2) is 29.2 Å². The van der Waals surface area contributed by atoms with Gasteiger partial charge in [0, 0.05) is 12.8 Å². The number of hydrogen-bond donors (Lipinski definition) is 2. The minimum absolute atomic E-state index is 0.0493. The normalized spacial score (nSPS) is 11.0. The predicted octanol–water partition coefficient (Wildman–Crippen LogP) is 1.09. The van der Waals surface area contributed by atoms with Gasteiger partial charge in [0.2, 0.25) is 0 Å². The number of carbonyl (C=O) groups is 2. The number of carbonyl (C=O) groups excluding carboxylic acids is 1. The molecule has 0 aliphatic carbocycles. The van der Waals surface area contributed by atoms with Gasteiger partial charge in [-0.2, -0.15) is 8.42 Å². The number of carboxylic acid groups (broad SMARTS) is 1. The van der Waals surface area contributed by atoms with Gasteiger partial charge in [0.05, 0.1) is 4.90 Å². The summed E-state index contributed by atoms with van der Waals surface area (Å²) >= 11 is 0. The molecule has 1 aromatic carbocycles. The highest BCUT2D eigenvalue weighted by molar-refractivity contribution is 7.85. The fourth-order valence-corrected chi connectivity index (χ4v) is 1.73. The monoisotopic (exact) mass is 288 g/mol. The molecular weight excluding hydrogens is 276 g/mol. The molecule has 0 aromatic heterocycles. The van der Waals surface area contributed by atoms with Crippen molar-refractivity contribution in [2.75, 3.05) is 0 Å². The van der Waals surface area contributed by atoms with Crippen LogP contribution in [0.1, 0.15) is 19.3 Å². The first kappa shape index (κ1) is 15.1. The van der Waals surface area contributed by atoms with Crippen molar-refractivity contribution in [1.82, 2.24) is 0 Å². The van der Waals surface area contributed by atoms with Crippen molar-refractivity contribution in [3.05, 3.63) is 24.3 Å². The Morgan fingerprint density at radius 1 is 1.11 bits per heavy atom. The maximum absolute atomic E-state index is 11.3. The van der Waals surface area contributed by atoms with E-state index in [4.69, 9.17) is 14.4 Å². The summed E-state index contributed by atoms with van der Waals surface area (Å²) in [5.41, 5.74) is 0. The Kier molecular flexibility index (Phi) is 5.02. The first-order valence-electron chi connectivity index (χ1n) is 5.29. The fraction of sp³-hybridized carbons (Fsp3) is 0.273. The molecule has 0 heterocycles. The molecule has 0 amide bonds. The lowest BCUT2D eigenvalue weighted by atomic mass is 10.2. The number of carboxylic acids is 1.